The summed E-state index contributed by atoms with van der Waals surface area (Å²) in [6, 6.07) is 11.3. The molecule has 0 amide bonds. The smallest absolute Gasteiger partial charge is 0.264 e. The zero-order valence-electron chi connectivity index (χ0n) is 23.4. The van der Waals surface area contributed by atoms with Crippen LogP contribution >= 0.6 is 0 Å². The fraction of sp³-hybridized carbons (Fsp3) is 0.552. The Kier molecular flexibility index (Phi) is 9.91. The Labute approximate surface area is 217 Å². The highest BCUT2D eigenvalue weighted by atomic mass is 32.2. The molecule has 0 bridgehead atoms. The molecule has 0 aromatic heterocycles. The van der Waals surface area contributed by atoms with Crippen molar-refractivity contribution in [3.8, 4) is 0 Å². The molecule has 0 fully saturated rings. The van der Waals surface area contributed by atoms with Crippen molar-refractivity contribution in [1.29, 1.82) is 0 Å². The molecule has 200 valence electrons. The molecule has 1 N–H and O–H groups in total. The average Bonchev–Trinajstić information content (AvgIpc) is 2.82. The van der Waals surface area contributed by atoms with Crippen LogP contribution in [-0.2, 0) is 19.3 Å². The molecule has 0 spiro atoms. The van der Waals surface area contributed by atoms with Crippen molar-refractivity contribution in [2.75, 3.05) is 0 Å². The number of hydrogen-bond acceptors (Lipinski definition) is 6. The van der Waals surface area contributed by atoms with Gasteiger partial charge in [-0.3, -0.25) is 9.54 Å². The van der Waals surface area contributed by atoms with Gasteiger partial charge < -0.3 is 0 Å². The Balaban J connectivity index is 2.44. The third-order valence-corrected chi connectivity index (χ3v) is 8.20. The number of hydrogen-bond donors (Lipinski definition) is 1. The summed E-state index contributed by atoms with van der Waals surface area (Å²) >= 11 is 0. The van der Waals surface area contributed by atoms with Crippen LogP contribution in [0.4, 0.5) is 0 Å². The minimum Gasteiger partial charge on any atom is -0.264 e. The van der Waals surface area contributed by atoms with E-state index >= 15 is 0 Å². The number of nitrogens with zero attached hydrogens (tertiary/aromatic N) is 1. The first kappa shape index (κ1) is 30.0. The predicted octanol–water partition coefficient (Wildman–Crippen LogP) is 8.15. The number of benzene rings is 2. The first-order chi connectivity index (χ1) is 16.7. The maximum absolute atomic E-state index is 13.5. The van der Waals surface area contributed by atoms with Gasteiger partial charge in [-0.15, -0.1) is 0 Å². The van der Waals surface area contributed by atoms with Crippen molar-refractivity contribution in [2.45, 2.75) is 104 Å². The zero-order chi connectivity index (χ0) is 27.4. The largest absolute Gasteiger partial charge is 0.359 e. The molecule has 0 saturated carbocycles. The molecule has 7 heteroatoms. The van der Waals surface area contributed by atoms with E-state index in [1.165, 1.54) is 0 Å². The second-order valence-corrected chi connectivity index (χ2v) is 12.6. The Morgan fingerprint density at radius 1 is 0.917 bits per heavy atom. The highest BCUT2D eigenvalue weighted by Gasteiger charge is 2.31. The summed E-state index contributed by atoms with van der Waals surface area (Å²) in [5, 5.41) is 13.5. The van der Waals surface area contributed by atoms with Gasteiger partial charge in [0.15, 0.2) is 0 Å². The molecular weight excluding hydrogens is 474 g/mol. The molecule has 0 aliphatic carbocycles. The van der Waals surface area contributed by atoms with Crippen molar-refractivity contribution in [2.24, 2.45) is 10.6 Å². The minimum atomic E-state index is -4.15. The van der Waals surface area contributed by atoms with Gasteiger partial charge in [-0.05, 0) is 64.3 Å². The third kappa shape index (κ3) is 6.75. The van der Waals surface area contributed by atoms with Crippen LogP contribution in [0.5, 0.6) is 0 Å². The van der Waals surface area contributed by atoms with Gasteiger partial charge in [0.1, 0.15) is 11.0 Å². The molecule has 0 aliphatic heterocycles. The van der Waals surface area contributed by atoms with Gasteiger partial charge in [-0.1, -0.05) is 104 Å². The summed E-state index contributed by atoms with van der Waals surface area (Å²) in [4.78, 5) is 5.00. The van der Waals surface area contributed by atoms with Crippen LogP contribution in [0, 0.1) is 5.41 Å². The fourth-order valence-electron chi connectivity index (χ4n) is 4.11. The summed E-state index contributed by atoms with van der Waals surface area (Å²) in [6.45, 7) is 20.0. The molecule has 2 aromatic carbocycles. The third-order valence-electron chi connectivity index (χ3n) is 6.96. The fourth-order valence-corrected chi connectivity index (χ4v) is 5.56. The molecule has 2 rings (SSSR count). The lowest BCUT2D eigenvalue weighted by Gasteiger charge is -2.31. The maximum atomic E-state index is 13.5. The van der Waals surface area contributed by atoms with Crippen LogP contribution in [0.2, 0.25) is 0 Å². The Morgan fingerprint density at radius 3 is 1.81 bits per heavy atom. The van der Waals surface area contributed by atoms with E-state index in [4.69, 9.17) is 9.17 Å². The van der Waals surface area contributed by atoms with E-state index in [-0.39, 0.29) is 28.1 Å². The van der Waals surface area contributed by atoms with Crippen LogP contribution in [0.15, 0.2) is 46.4 Å². The van der Waals surface area contributed by atoms with Gasteiger partial charge in [0.25, 0.3) is 0 Å². The Hall–Kier alpha value is -2.22. The SMILES string of the molecule is CCC(C)(C)C(OO)c1ccc(/C(C)=N\OS(=O)(=O)c2c(C(C)C)cc(C(C)C)cc2C(C)C)cc1. The highest BCUT2D eigenvalue weighted by molar-refractivity contribution is 7.86. The van der Waals surface area contributed by atoms with Crippen LogP contribution in [-0.4, -0.2) is 19.4 Å². The molecule has 6 nitrogen and oxygen atoms in total. The summed E-state index contributed by atoms with van der Waals surface area (Å²) in [5.74, 6) is 0.280. The van der Waals surface area contributed by atoms with E-state index in [1.807, 2.05) is 84.9 Å². The molecule has 36 heavy (non-hydrogen) atoms. The molecule has 0 heterocycles. The van der Waals surface area contributed by atoms with Crippen molar-refractivity contribution in [3.05, 3.63) is 64.2 Å². The van der Waals surface area contributed by atoms with Gasteiger partial charge in [0.05, 0.1) is 5.71 Å². The van der Waals surface area contributed by atoms with E-state index in [2.05, 4.69) is 19.0 Å². The highest BCUT2D eigenvalue weighted by Crippen LogP contribution is 2.39. The van der Waals surface area contributed by atoms with Crippen LogP contribution in [0.1, 0.15) is 127 Å². The monoisotopic (exact) mass is 517 g/mol. The lowest BCUT2D eigenvalue weighted by atomic mass is 9.80. The summed E-state index contributed by atoms with van der Waals surface area (Å²) in [6.07, 6.45) is 0.337. The van der Waals surface area contributed by atoms with E-state index in [0.717, 1.165) is 28.7 Å². The maximum Gasteiger partial charge on any atom is 0.359 e. The summed E-state index contributed by atoms with van der Waals surface area (Å²) < 4.78 is 32.2. The van der Waals surface area contributed by atoms with Gasteiger partial charge >= 0.3 is 10.1 Å². The van der Waals surface area contributed by atoms with Gasteiger partial charge in [-0.25, -0.2) is 4.89 Å². The Morgan fingerprint density at radius 2 is 1.42 bits per heavy atom. The lowest BCUT2D eigenvalue weighted by molar-refractivity contribution is -0.305. The summed E-state index contributed by atoms with van der Waals surface area (Å²) in [7, 11) is -4.15. The molecule has 2 aromatic rings. The molecule has 0 saturated heterocycles. The molecule has 1 atom stereocenters. The van der Waals surface area contributed by atoms with Gasteiger partial charge in [-0.2, -0.15) is 8.42 Å². The van der Waals surface area contributed by atoms with Crippen molar-refractivity contribution >= 4 is 15.8 Å². The second-order valence-electron chi connectivity index (χ2n) is 11.1. The standard InChI is InChI=1S/C29H43NO5S/c1-11-29(9,10)28(34-31)23-14-12-22(13-15-23)21(8)30-35-36(32,33)27-25(19(4)5)16-24(18(2)3)17-26(27)20(6)7/h12-20,28,31H,11H2,1-10H3/b30-21-. The van der Waals surface area contributed by atoms with Crippen LogP contribution < -0.4 is 0 Å². The van der Waals surface area contributed by atoms with Crippen LogP contribution in [0.3, 0.4) is 0 Å². The quantitative estimate of drug-likeness (QED) is 0.185. The molecule has 0 radical (unpaired) electrons. The van der Waals surface area contributed by atoms with E-state index in [0.29, 0.717) is 11.3 Å². The lowest BCUT2D eigenvalue weighted by Crippen LogP contribution is -2.23. The second kappa shape index (κ2) is 11.9. The van der Waals surface area contributed by atoms with E-state index < -0.39 is 16.2 Å². The molecule has 0 aliphatic rings. The van der Waals surface area contributed by atoms with Gasteiger partial charge in [0, 0.05) is 0 Å². The van der Waals surface area contributed by atoms with Crippen molar-refractivity contribution in [1.82, 2.24) is 0 Å². The van der Waals surface area contributed by atoms with Gasteiger partial charge in [0.2, 0.25) is 0 Å². The first-order valence-corrected chi connectivity index (χ1v) is 14.1. The average molecular weight is 518 g/mol. The minimum absolute atomic E-state index is 0.00116. The molecule has 1 unspecified atom stereocenters. The summed E-state index contributed by atoms with van der Waals surface area (Å²) in [5.41, 5.74) is 4.30. The normalized spacial score (nSPS) is 14.1. The van der Waals surface area contributed by atoms with Crippen LogP contribution in [0.25, 0.3) is 0 Å². The number of oxime groups is 1. The van der Waals surface area contributed by atoms with E-state index in [9.17, 15) is 13.7 Å². The van der Waals surface area contributed by atoms with Crippen molar-refractivity contribution in [3.63, 3.8) is 0 Å². The number of rotatable bonds is 11. The van der Waals surface area contributed by atoms with E-state index in [1.54, 1.807) is 6.92 Å². The predicted molar refractivity (Wildman–Crippen MR) is 146 cm³/mol. The Bertz CT molecular complexity index is 1130. The molecular formula is C29H43NO5S. The zero-order valence-corrected chi connectivity index (χ0v) is 24.2. The first-order valence-electron chi connectivity index (χ1n) is 12.7. The van der Waals surface area contributed by atoms with Crippen molar-refractivity contribution < 1.29 is 22.8 Å². The topological polar surface area (TPSA) is 85.2 Å².